The molecule has 1 amide bonds. The number of aryl methyl sites for hydroxylation is 1. The first-order valence-electron chi connectivity index (χ1n) is 5.45. The van der Waals surface area contributed by atoms with Crippen LogP contribution in [0.25, 0.3) is 0 Å². The van der Waals surface area contributed by atoms with Gasteiger partial charge in [-0.25, -0.2) is 0 Å². The van der Waals surface area contributed by atoms with Crippen LogP contribution in [0.15, 0.2) is 30.3 Å². The molecule has 1 aromatic heterocycles. The van der Waals surface area contributed by atoms with E-state index >= 15 is 0 Å². The number of thiophene rings is 1. The van der Waals surface area contributed by atoms with E-state index in [0.29, 0.717) is 22.1 Å². The molecule has 0 aliphatic rings. The topological polar surface area (TPSA) is 55.1 Å². The zero-order valence-electron chi connectivity index (χ0n) is 9.87. The summed E-state index contributed by atoms with van der Waals surface area (Å²) in [4.78, 5) is 13.5. The second-order valence-electron chi connectivity index (χ2n) is 3.90. The second kappa shape index (κ2) is 5.42. The molecule has 3 N–H and O–H groups in total. The van der Waals surface area contributed by atoms with Crippen LogP contribution in [0.2, 0.25) is 5.02 Å². The summed E-state index contributed by atoms with van der Waals surface area (Å²) < 4.78 is 0. The van der Waals surface area contributed by atoms with E-state index in [-0.39, 0.29) is 5.91 Å². The molecule has 0 bridgehead atoms. The summed E-state index contributed by atoms with van der Waals surface area (Å²) >= 11 is 7.41. The third kappa shape index (κ3) is 2.83. The Morgan fingerprint density at radius 3 is 2.78 bits per heavy atom. The van der Waals surface area contributed by atoms with Gasteiger partial charge in [0.15, 0.2) is 0 Å². The Morgan fingerprint density at radius 2 is 2.17 bits per heavy atom. The van der Waals surface area contributed by atoms with Gasteiger partial charge in [0.25, 0.3) is 5.91 Å². The highest BCUT2D eigenvalue weighted by Crippen LogP contribution is 2.23. The number of anilines is 1. The summed E-state index contributed by atoms with van der Waals surface area (Å²) in [6, 6.07) is 9.13. The monoisotopic (exact) mass is 280 g/mol. The van der Waals surface area contributed by atoms with E-state index in [1.807, 2.05) is 25.1 Å². The largest absolute Gasteiger partial charge is 0.398 e. The maximum Gasteiger partial charge on any atom is 0.261 e. The molecule has 0 unspecified atom stereocenters. The van der Waals surface area contributed by atoms with Crippen LogP contribution >= 0.6 is 22.9 Å². The van der Waals surface area contributed by atoms with Gasteiger partial charge in [0.1, 0.15) is 0 Å². The number of nitrogens with one attached hydrogen (secondary N) is 1. The first-order chi connectivity index (χ1) is 8.58. The smallest absolute Gasteiger partial charge is 0.261 e. The van der Waals surface area contributed by atoms with Crippen LogP contribution in [-0.4, -0.2) is 5.91 Å². The van der Waals surface area contributed by atoms with E-state index in [1.165, 1.54) is 11.3 Å². The third-order valence-corrected chi connectivity index (χ3v) is 4.01. The highest BCUT2D eigenvalue weighted by atomic mass is 35.5. The van der Waals surface area contributed by atoms with Crippen molar-refractivity contribution >= 4 is 34.5 Å². The number of carbonyl (C=O) groups is 1. The normalized spacial score (nSPS) is 10.3. The van der Waals surface area contributed by atoms with Crippen molar-refractivity contribution < 1.29 is 4.79 Å². The summed E-state index contributed by atoms with van der Waals surface area (Å²) in [5.41, 5.74) is 7.27. The van der Waals surface area contributed by atoms with Crippen molar-refractivity contribution in [3.05, 3.63) is 50.7 Å². The molecule has 0 atom stereocenters. The Balaban J connectivity index is 2.03. The number of hydrogen-bond acceptors (Lipinski definition) is 3. The number of benzene rings is 1. The van der Waals surface area contributed by atoms with E-state index < -0.39 is 0 Å². The first-order valence-corrected chi connectivity index (χ1v) is 6.65. The molecule has 3 nitrogen and oxygen atoms in total. The standard InChI is InChI=1S/C13H13ClN2OS/c1-8-11(15)6-12(18-8)13(17)16-7-9-4-2-3-5-10(9)14/h2-6H,7,15H2,1H3,(H,16,17). The Bertz CT molecular complexity index is 561. The van der Waals surface area contributed by atoms with Crippen LogP contribution in [-0.2, 0) is 6.54 Å². The van der Waals surface area contributed by atoms with Gasteiger partial charge in [0.2, 0.25) is 0 Å². The quantitative estimate of drug-likeness (QED) is 0.907. The van der Waals surface area contributed by atoms with Crippen LogP contribution in [0.1, 0.15) is 20.1 Å². The summed E-state index contributed by atoms with van der Waals surface area (Å²) in [5.74, 6) is -0.125. The molecule has 0 fully saturated rings. The number of carbonyl (C=O) groups excluding carboxylic acids is 1. The molecule has 0 aliphatic carbocycles. The van der Waals surface area contributed by atoms with Crippen molar-refractivity contribution in [3.63, 3.8) is 0 Å². The molecular formula is C13H13ClN2OS. The molecular weight excluding hydrogens is 268 g/mol. The van der Waals surface area contributed by atoms with Crippen LogP contribution < -0.4 is 11.1 Å². The summed E-state index contributed by atoms with van der Waals surface area (Å²) in [7, 11) is 0. The van der Waals surface area contributed by atoms with Crippen molar-refractivity contribution in [3.8, 4) is 0 Å². The Kier molecular flexibility index (Phi) is 3.89. The first kappa shape index (κ1) is 12.9. The second-order valence-corrected chi connectivity index (χ2v) is 5.56. The molecule has 1 aromatic carbocycles. The summed E-state index contributed by atoms with van der Waals surface area (Å²) in [6.07, 6.45) is 0. The molecule has 0 saturated heterocycles. The average Bonchev–Trinajstić information content (AvgIpc) is 2.68. The lowest BCUT2D eigenvalue weighted by molar-refractivity contribution is 0.0955. The Morgan fingerprint density at radius 1 is 1.44 bits per heavy atom. The van der Waals surface area contributed by atoms with Gasteiger partial charge in [-0.15, -0.1) is 11.3 Å². The van der Waals surface area contributed by atoms with Crippen molar-refractivity contribution in [1.29, 1.82) is 0 Å². The van der Waals surface area contributed by atoms with Gasteiger partial charge in [-0.3, -0.25) is 4.79 Å². The van der Waals surface area contributed by atoms with Crippen LogP contribution in [0, 0.1) is 6.92 Å². The lowest BCUT2D eigenvalue weighted by Gasteiger charge is -2.05. The van der Waals surface area contributed by atoms with Gasteiger partial charge in [-0.05, 0) is 24.6 Å². The van der Waals surface area contributed by atoms with Gasteiger partial charge < -0.3 is 11.1 Å². The highest BCUT2D eigenvalue weighted by Gasteiger charge is 2.11. The molecule has 18 heavy (non-hydrogen) atoms. The van der Waals surface area contributed by atoms with E-state index in [0.717, 1.165) is 10.4 Å². The SMILES string of the molecule is Cc1sc(C(=O)NCc2ccccc2Cl)cc1N. The zero-order valence-corrected chi connectivity index (χ0v) is 11.4. The van der Waals surface area contributed by atoms with Crippen molar-refractivity contribution in [2.24, 2.45) is 0 Å². The van der Waals surface area contributed by atoms with E-state index in [1.54, 1.807) is 12.1 Å². The van der Waals surface area contributed by atoms with Crippen molar-refractivity contribution in [2.45, 2.75) is 13.5 Å². The number of amides is 1. The van der Waals surface area contributed by atoms with E-state index in [2.05, 4.69) is 5.32 Å². The molecule has 94 valence electrons. The van der Waals surface area contributed by atoms with Crippen molar-refractivity contribution in [2.75, 3.05) is 5.73 Å². The minimum atomic E-state index is -0.125. The van der Waals surface area contributed by atoms with Gasteiger partial charge in [0.05, 0.1) is 4.88 Å². The fraction of sp³-hybridized carbons (Fsp3) is 0.154. The van der Waals surface area contributed by atoms with E-state index in [4.69, 9.17) is 17.3 Å². The number of nitrogens with two attached hydrogens (primary N) is 1. The lowest BCUT2D eigenvalue weighted by Crippen LogP contribution is -2.21. The minimum Gasteiger partial charge on any atom is -0.398 e. The molecule has 0 saturated carbocycles. The molecule has 5 heteroatoms. The third-order valence-electron chi connectivity index (χ3n) is 2.58. The molecule has 0 aliphatic heterocycles. The van der Waals surface area contributed by atoms with Gasteiger partial charge in [0, 0.05) is 22.1 Å². The minimum absolute atomic E-state index is 0.125. The van der Waals surface area contributed by atoms with Gasteiger partial charge >= 0.3 is 0 Å². The lowest BCUT2D eigenvalue weighted by atomic mass is 10.2. The number of hydrogen-bond donors (Lipinski definition) is 2. The van der Waals surface area contributed by atoms with E-state index in [9.17, 15) is 4.79 Å². The zero-order chi connectivity index (χ0) is 13.1. The van der Waals surface area contributed by atoms with Crippen LogP contribution in [0.5, 0.6) is 0 Å². The summed E-state index contributed by atoms with van der Waals surface area (Å²) in [6.45, 7) is 2.31. The molecule has 0 spiro atoms. The van der Waals surface area contributed by atoms with Crippen molar-refractivity contribution in [1.82, 2.24) is 5.32 Å². The predicted molar refractivity (Wildman–Crippen MR) is 76.1 cm³/mol. The Hall–Kier alpha value is -1.52. The molecule has 2 aromatic rings. The van der Waals surface area contributed by atoms with Crippen LogP contribution in [0.3, 0.4) is 0 Å². The highest BCUT2D eigenvalue weighted by molar-refractivity contribution is 7.14. The Labute approximate surface area is 115 Å². The maximum atomic E-state index is 11.9. The number of rotatable bonds is 3. The average molecular weight is 281 g/mol. The predicted octanol–water partition coefficient (Wildman–Crippen LogP) is 3.22. The van der Waals surface area contributed by atoms with Gasteiger partial charge in [-0.2, -0.15) is 0 Å². The molecule has 2 rings (SSSR count). The fourth-order valence-electron chi connectivity index (χ4n) is 1.51. The fourth-order valence-corrected chi connectivity index (χ4v) is 2.57. The number of halogens is 1. The molecule has 1 heterocycles. The summed E-state index contributed by atoms with van der Waals surface area (Å²) in [5, 5.41) is 3.48. The van der Waals surface area contributed by atoms with Gasteiger partial charge in [-0.1, -0.05) is 29.8 Å². The molecule has 0 radical (unpaired) electrons. The van der Waals surface area contributed by atoms with Crippen LogP contribution in [0.4, 0.5) is 5.69 Å². The number of nitrogen functional groups attached to an aromatic ring is 1. The maximum absolute atomic E-state index is 11.9.